The van der Waals surface area contributed by atoms with Crippen LogP contribution in [0, 0.1) is 0 Å². The first kappa shape index (κ1) is 12.8. The van der Waals surface area contributed by atoms with E-state index in [2.05, 4.69) is 4.98 Å². The van der Waals surface area contributed by atoms with Crippen molar-refractivity contribution < 1.29 is 14.6 Å². The van der Waals surface area contributed by atoms with Crippen LogP contribution in [0.4, 0.5) is 0 Å². The monoisotopic (exact) mass is 311 g/mol. The molecule has 0 aliphatic rings. The van der Waals surface area contributed by atoms with Gasteiger partial charge in [-0.1, -0.05) is 18.2 Å². The summed E-state index contributed by atoms with van der Waals surface area (Å²) in [6.07, 6.45) is 0. The van der Waals surface area contributed by atoms with Gasteiger partial charge in [-0.25, -0.2) is 9.78 Å². The van der Waals surface area contributed by atoms with Gasteiger partial charge in [0, 0.05) is 15.6 Å². The van der Waals surface area contributed by atoms with Crippen molar-refractivity contribution in [1.82, 2.24) is 4.98 Å². The van der Waals surface area contributed by atoms with E-state index in [-0.39, 0.29) is 17.4 Å². The fourth-order valence-electron chi connectivity index (χ4n) is 2.34. The lowest BCUT2D eigenvalue weighted by atomic mass is 10.2. The molecule has 0 spiro atoms. The number of thiophene rings is 1. The summed E-state index contributed by atoms with van der Waals surface area (Å²) in [6.45, 7) is 0. The Balaban J connectivity index is 2.02. The molecule has 2 aromatic heterocycles. The highest BCUT2D eigenvalue weighted by atomic mass is 32.1. The Hall–Kier alpha value is -2.86. The number of fused-ring (bicyclic) bond motifs is 3. The Morgan fingerprint density at radius 1 is 1.05 bits per heavy atom. The maximum absolute atomic E-state index is 12.3. The lowest BCUT2D eigenvalue weighted by Crippen LogP contribution is -2.01. The molecule has 2 heterocycles. The van der Waals surface area contributed by atoms with Gasteiger partial charge >= 0.3 is 5.63 Å². The lowest BCUT2D eigenvalue weighted by molar-refractivity contribution is 0.403. The minimum atomic E-state index is -0.468. The van der Waals surface area contributed by atoms with Crippen molar-refractivity contribution in [3.63, 3.8) is 0 Å². The zero-order chi connectivity index (χ0) is 15.3. The van der Waals surface area contributed by atoms with E-state index in [9.17, 15) is 15.0 Å². The smallest absolute Gasteiger partial charge is 0.348 e. The molecular weight excluding hydrogens is 302 g/mol. The molecule has 22 heavy (non-hydrogen) atoms. The molecule has 0 fully saturated rings. The van der Waals surface area contributed by atoms with Gasteiger partial charge in [-0.2, -0.15) is 0 Å². The Morgan fingerprint density at radius 2 is 1.86 bits per heavy atom. The standard InChI is InChI=1S/C16H9NO4S/c18-10-6-5-8(7-11(10)19)14-17-15-13(16(20)21-14)9-3-1-2-4-12(9)22-15/h1-7,18-19H. The molecule has 108 valence electrons. The quantitative estimate of drug-likeness (QED) is 0.526. The number of nitrogens with zero attached hydrogens (tertiary/aromatic N) is 1. The van der Waals surface area contributed by atoms with Gasteiger partial charge in [0.15, 0.2) is 11.5 Å². The van der Waals surface area contributed by atoms with Crippen LogP contribution in [-0.4, -0.2) is 15.2 Å². The number of aromatic nitrogens is 1. The molecule has 5 nitrogen and oxygen atoms in total. The summed E-state index contributed by atoms with van der Waals surface area (Å²) in [6, 6.07) is 11.7. The highest BCUT2D eigenvalue weighted by molar-refractivity contribution is 7.25. The number of phenols is 2. The van der Waals surface area contributed by atoms with Gasteiger partial charge in [-0.3, -0.25) is 0 Å². The Bertz CT molecular complexity index is 1080. The van der Waals surface area contributed by atoms with Crippen molar-refractivity contribution in [2.45, 2.75) is 0 Å². The third kappa shape index (κ3) is 1.85. The fourth-order valence-corrected chi connectivity index (χ4v) is 3.40. The van der Waals surface area contributed by atoms with Gasteiger partial charge < -0.3 is 14.6 Å². The molecule has 0 bridgehead atoms. The highest BCUT2D eigenvalue weighted by Crippen LogP contribution is 2.33. The van der Waals surface area contributed by atoms with Crippen molar-refractivity contribution in [3.8, 4) is 23.0 Å². The third-order valence-electron chi connectivity index (χ3n) is 3.40. The number of hydrogen-bond acceptors (Lipinski definition) is 6. The number of hydrogen-bond donors (Lipinski definition) is 2. The SMILES string of the molecule is O=c1oc(-c2ccc(O)c(O)c2)nc2sc3ccccc3c12. The van der Waals surface area contributed by atoms with Gasteiger partial charge in [-0.15, -0.1) is 11.3 Å². The number of phenolic OH excluding ortho intramolecular Hbond substituents is 2. The molecule has 0 radical (unpaired) electrons. The minimum absolute atomic E-state index is 0.111. The average molecular weight is 311 g/mol. The predicted octanol–water partition coefficient (Wildman–Crippen LogP) is 3.48. The first-order valence-corrected chi connectivity index (χ1v) is 7.30. The number of benzene rings is 2. The molecule has 0 aliphatic carbocycles. The molecule has 0 saturated heterocycles. The van der Waals surface area contributed by atoms with Crippen LogP contribution >= 0.6 is 11.3 Å². The number of rotatable bonds is 1. The summed E-state index contributed by atoms with van der Waals surface area (Å²) < 4.78 is 6.25. The average Bonchev–Trinajstić information content (AvgIpc) is 2.88. The van der Waals surface area contributed by atoms with Gasteiger partial charge in [-0.05, 0) is 24.3 Å². The zero-order valence-electron chi connectivity index (χ0n) is 11.1. The van der Waals surface area contributed by atoms with Crippen LogP contribution in [0.1, 0.15) is 0 Å². The van der Waals surface area contributed by atoms with Gasteiger partial charge in [0.1, 0.15) is 10.2 Å². The zero-order valence-corrected chi connectivity index (χ0v) is 11.9. The molecule has 4 rings (SSSR count). The first-order chi connectivity index (χ1) is 10.6. The summed E-state index contributed by atoms with van der Waals surface area (Å²) in [5.74, 6) is -0.424. The van der Waals surface area contributed by atoms with E-state index in [1.807, 2.05) is 24.3 Å². The van der Waals surface area contributed by atoms with E-state index < -0.39 is 5.63 Å². The van der Waals surface area contributed by atoms with Crippen LogP contribution in [-0.2, 0) is 0 Å². The molecule has 2 N–H and O–H groups in total. The van der Waals surface area contributed by atoms with E-state index in [0.29, 0.717) is 15.8 Å². The summed E-state index contributed by atoms with van der Waals surface area (Å²) in [4.78, 5) is 17.2. The first-order valence-electron chi connectivity index (χ1n) is 6.48. The molecule has 0 aliphatic heterocycles. The number of aromatic hydroxyl groups is 2. The summed E-state index contributed by atoms with van der Waals surface area (Å²) in [5, 5.41) is 20.2. The molecule has 6 heteroatoms. The van der Waals surface area contributed by atoms with E-state index >= 15 is 0 Å². The molecule has 4 aromatic rings. The van der Waals surface area contributed by atoms with Crippen LogP contribution in [0.2, 0.25) is 0 Å². The van der Waals surface area contributed by atoms with Crippen molar-refractivity contribution in [2.75, 3.05) is 0 Å². The molecule has 2 aromatic carbocycles. The largest absolute Gasteiger partial charge is 0.504 e. The van der Waals surface area contributed by atoms with Crippen molar-refractivity contribution in [1.29, 1.82) is 0 Å². The Morgan fingerprint density at radius 3 is 2.68 bits per heavy atom. The van der Waals surface area contributed by atoms with E-state index in [1.165, 1.54) is 29.5 Å². The maximum Gasteiger partial charge on any atom is 0.348 e. The van der Waals surface area contributed by atoms with E-state index in [4.69, 9.17) is 4.42 Å². The van der Waals surface area contributed by atoms with Crippen LogP contribution in [0.3, 0.4) is 0 Å². The summed E-state index contributed by atoms with van der Waals surface area (Å²) in [7, 11) is 0. The van der Waals surface area contributed by atoms with Crippen molar-refractivity contribution in [2.24, 2.45) is 0 Å². The van der Waals surface area contributed by atoms with Crippen LogP contribution in [0.15, 0.2) is 51.7 Å². The molecule has 0 unspecified atom stereocenters. The second-order valence-corrected chi connectivity index (χ2v) is 5.82. The van der Waals surface area contributed by atoms with Crippen LogP contribution in [0.25, 0.3) is 31.8 Å². The molecule has 0 atom stereocenters. The molecule has 0 saturated carbocycles. The third-order valence-corrected chi connectivity index (χ3v) is 4.46. The van der Waals surface area contributed by atoms with Crippen molar-refractivity contribution >= 4 is 31.6 Å². The summed E-state index contributed by atoms with van der Waals surface area (Å²) in [5.41, 5.74) is -0.0447. The second-order valence-electron chi connectivity index (χ2n) is 4.79. The van der Waals surface area contributed by atoms with Gasteiger partial charge in [0.2, 0.25) is 5.89 Å². The van der Waals surface area contributed by atoms with Crippen LogP contribution < -0.4 is 5.63 Å². The predicted molar refractivity (Wildman–Crippen MR) is 84.4 cm³/mol. The highest BCUT2D eigenvalue weighted by Gasteiger charge is 2.15. The molecule has 0 amide bonds. The Labute approximate surface area is 127 Å². The fraction of sp³-hybridized carbons (Fsp3) is 0. The maximum atomic E-state index is 12.3. The van der Waals surface area contributed by atoms with Crippen molar-refractivity contribution in [3.05, 3.63) is 52.9 Å². The topological polar surface area (TPSA) is 83.6 Å². The normalized spacial score (nSPS) is 11.3. The summed E-state index contributed by atoms with van der Waals surface area (Å²) >= 11 is 1.41. The Kier molecular flexibility index (Phi) is 2.67. The van der Waals surface area contributed by atoms with E-state index in [1.54, 1.807) is 0 Å². The van der Waals surface area contributed by atoms with Crippen LogP contribution in [0.5, 0.6) is 11.5 Å². The van der Waals surface area contributed by atoms with E-state index in [0.717, 1.165) is 10.1 Å². The molecular formula is C16H9NO4S. The minimum Gasteiger partial charge on any atom is -0.504 e. The lowest BCUT2D eigenvalue weighted by Gasteiger charge is -2.01. The van der Waals surface area contributed by atoms with Gasteiger partial charge in [0.25, 0.3) is 0 Å². The van der Waals surface area contributed by atoms with Gasteiger partial charge in [0.05, 0.1) is 0 Å². The second kappa shape index (κ2) is 4.57.